The number of hydrogen-bond donors (Lipinski definition) is 1. The van der Waals surface area contributed by atoms with Crippen LogP contribution < -0.4 is 5.32 Å². The molecule has 3 rings (SSSR count). The maximum atomic E-state index is 12.0. The van der Waals surface area contributed by atoms with Crippen molar-refractivity contribution in [3.05, 3.63) is 63.1 Å². The minimum atomic E-state index is -0.0599. The third-order valence-electron chi connectivity index (χ3n) is 3.37. The second kappa shape index (κ2) is 7.30. The van der Waals surface area contributed by atoms with Gasteiger partial charge in [-0.2, -0.15) is 0 Å². The highest BCUT2D eigenvalue weighted by Crippen LogP contribution is 2.22. The zero-order valence-corrected chi connectivity index (χ0v) is 14.5. The summed E-state index contributed by atoms with van der Waals surface area (Å²) in [5.41, 5.74) is 1.78. The van der Waals surface area contributed by atoms with Crippen molar-refractivity contribution in [2.45, 2.75) is 12.8 Å². The highest BCUT2D eigenvalue weighted by molar-refractivity contribution is 7.18. The standard InChI is InChI=1S/C17H14Cl2N2OS/c18-12-6-5-11(13(19)10-12)9-16(22)20-8-7-17-21-14-3-1-2-4-15(14)23-17/h1-6,10H,7-9H2,(H,20,22). The molecule has 0 bridgehead atoms. The van der Waals surface area contributed by atoms with Gasteiger partial charge < -0.3 is 5.32 Å². The molecule has 1 amide bonds. The van der Waals surface area contributed by atoms with Crippen LogP contribution in [0, 0.1) is 0 Å². The van der Waals surface area contributed by atoms with Crippen molar-refractivity contribution in [1.29, 1.82) is 0 Å². The van der Waals surface area contributed by atoms with Crippen LogP contribution in [0.15, 0.2) is 42.5 Å². The van der Waals surface area contributed by atoms with Gasteiger partial charge in [0.15, 0.2) is 0 Å². The summed E-state index contributed by atoms with van der Waals surface area (Å²) in [5.74, 6) is -0.0599. The van der Waals surface area contributed by atoms with E-state index < -0.39 is 0 Å². The number of benzene rings is 2. The quantitative estimate of drug-likeness (QED) is 0.723. The molecular weight excluding hydrogens is 351 g/mol. The minimum Gasteiger partial charge on any atom is -0.355 e. The normalized spacial score (nSPS) is 10.9. The summed E-state index contributed by atoms with van der Waals surface area (Å²) in [6.45, 7) is 0.559. The summed E-state index contributed by atoms with van der Waals surface area (Å²) in [4.78, 5) is 16.5. The van der Waals surface area contributed by atoms with E-state index in [0.717, 1.165) is 22.5 Å². The number of aromatic nitrogens is 1. The molecule has 0 spiro atoms. The first-order valence-corrected chi connectivity index (χ1v) is 8.74. The van der Waals surface area contributed by atoms with Crippen molar-refractivity contribution in [3.8, 4) is 0 Å². The summed E-state index contributed by atoms with van der Waals surface area (Å²) >= 11 is 13.6. The number of para-hydroxylation sites is 1. The van der Waals surface area contributed by atoms with Crippen molar-refractivity contribution in [3.63, 3.8) is 0 Å². The maximum Gasteiger partial charge on any atom is 0.224 e. The molecule has 0 saturated heterocycles. The summed E-state index contributed by atoms with van der Waals surface area (Å²) in [5, 5.41) is 5.00. The number of fused-ring (bicyclic) bond motifs is 1. The predicted octanol–water partition coefficient (Wildman–Crippen LogP) is 4.50. The lowest BCUT2D eigenvalue weighted by atomic mass is 10.1. The Morgan fingerprint density at radius 1 is 1.17 bits per heavy atom. The van der Waals surface area contributed by atoms with E-state index >= 15 is 0 Å². The molecule has 0 aliphatic heterocycles. The second-order valence-corrected chi connectivity index (χ2v) is 7.05. The molecule has 3 aromatic rings. The van der Waals surface area contributed by atoms with Crippen molar-refractivity contribution in [1.82, 2.24) is 10.3 Å². The molecule has 23 heavy (non-hydrogen) atoms. The van der Waals surface area contributed by atoms with Gasteiger partial charge in [-0.3, -0.25) is 4.79 Å². The van der Waals surface area contributed by atoms with E-state index in [4.69, 9.17) is 23.2 Å². The van der Waals surface area contributed by atoms with Crippen LogP contribution in [0.2, 0.25) is 10.0 Å². The maximum absolute atomic E-state index is 12.0. The van der Waals surface area contributed by atoms with Gasteiger partial charge in [0.05, 0.1) is 21.6 Å². The zero-order chi connectivity index (χ0) is 16.2. The molecule has 0 radical (unpaired) electrons. The smallest absolute Gasteiger partial charge is 0.224 e. The fourth-order valence-electron chi connectivity index (χ4n) is 2.24. The molecule has 1 N–H and O–H groups in total. The number of carbonyl (C=O) groups excluding carboxylic acids is 1. The predicted molar refractivity (Wildman–Crippen MR) is 96.5 cm³/mol. The van der Waals surface area contributed by atoms with E-state index in [1.807, 2.05) is 18.2 Å². The van der Waals surface area contributed by atoms with E-state index in [1.54, 1.807) is 29.5 Å². The largest absolute Gasteiger partial charge is 0.355 e. The van der Waals surface area contributed by atoms with Crippen LogP contribution in [0.1, 0.15) is 10.6 Å². The van der Waals surface area contributed by atoms with Crippen LogP contribution in [0.5, 0.6) is 0 Å². The van der Waals surface area contributed by atoms with Gasteiger partial charge in [0.1, 0.15) is 0 Å². The Labute approximate surface area is 148 Å². The molecule has 0 atom stereocenters. The van der Waals surface area contributed by atoms with Crippen molar-refractivity contribution >= 4 is 50.7 Å². The van der Waals surface area contributed by atoms with Gasteiger partial charge in [0.25, 0.3) is 0 Å². The summed E-state index contributed by atoms with van der Waals surface area (Å²) in [6.07, 6.45) is 0.968. The van der Waals surface area contributed by atoms with E-state index in [0.29, 0.717) is 16.6 Å². The molecule has 1 aromatic heterocycles. The second-order valence-electron chi connectivity index (χ2n) is 5.09. The molecule has 2 aromatic carbocycles. The Balaban J connectivity index is 1.52. The number of nitrogens with one attached hydrogen (secondary N) is 1. The average molecular weight is 365 g/mol. The fourth-order valence-corrected chi connectivity index (χ4v) is 3.68. The Hall–Kier alpha value is -1.62. The highest BCUT2D eigenvalue weighted by Gasteiger charge is 2.08. The van der Waals surface area contributed by atoms with E-state index in [1.165, 1.54) is 4.70 Å². The van der Waals surface area contributed by atoms with Gasteiger partial charge in [0.2, 0.25) is 5.91 Å². The first kappa shape index (κ1) is 16.2. The van der Waals surface area contributed by atoms with Gasteiger partial charge in [-0.1, -0.05) is 41.4 Å². The van der Waals surface area contributed by atoms with E-state index in [2.05, 4.69) is 16.4 Å². The SMILES string of the molecule is O=C(Cc1ccc(Cl)cc1Cl)NCCc1nc2ccccc2s1. The van der Waals surface area contributed by atoms with Crippen LogP contribution in [-0.2, 0) is 17.6 Å². The van der Waals surface area contributed by atoms with Crippen molar-refractivity contribution in [2.75, 3.05) is 6.54 Å². The summed E-state index contributed by atoms with van der Waals surface area (Å²) < 4.78 is 1.17. The monoisotopic (exact) mass is 364 g/mol. The number of carbonyl (C=O) groups is 1. The molecular formula is C17H14Cl2N2OS. The Morgan fingerprint density at radius 2 is 2.00 bits per heavy atom. The number of rotatable bonds is 5. The lowest BCUT2D eigenvalue weighted by Crippen LogP contribution is -2.27. The number of thiazole rings is 1. The molecule has 3 nitrogen and oxygen atoms in total. The molecule has 0 aliphatic carbocycles. The lowest BCUT2D eigenvalue weighted by molar-refractivity contribution is -0.120. The zero-order valence-electron chi connectivity index (χ0n) is 12.2. The molecule has 0 aliphatic rings. The molecule has 1 heterocycles. The molecule has 6 heteroatoms. The number of amides is 1. The number of hydrogen-bond acceptors (Lipinski definition) is 3. The molecule has 0 unspecified atom stereocenters. The van der Waals surface area contributed by atoms with Crippen LogP contribution in [0.3, 0.4) is 0 Å². The van der Waals surface area contributed by atoms with Crippen molar-refractivity contribution in [2.24, 2.45) is 0 Å². The van der Waals surface area contributed by atoms with Gasteiger partial charge in [-0.05, 0) is 29.8 Å². The van der Waals surface area contributed by atoms with Gasteiger partial charge >= 0.3 is 0 Å². The minimum absolute atomic E-state index is 0.0599. The molecule has 0 saturated carbocycles. The first-order chi connectivity index (χ1) is 11.1. The van der Waals surface area contributed by atoms with Crippen LogP contribution in [0.25, 0.3) is 10.2 Å². The first-order valence-electron chi connectivity index (χ1n) is 7.17. The van der Waals surface area contributed by atoms with Crippen LogP contribution in [0.4, 0.5) is 0 Å². The third-order valence-corrected chi connectivity index (χ3v) is 5.05. The van der Waals surface area contributed by atoms with Gasteiger partial charge in [-0.25, -0.2) is 4.98 Å². The molecule has 0 fully saturated rings. The summed E-state index contributed by atoms with van der Waals surface area (Å²) in [6, 6.07) is 13.2. The summed E-state index contributed by atoms with van der Waals surface area (Å²) in [7, 11) is 0. The topological polar surface area (TPSA) is 42.0 Å². The van der Waals surface area contributed by atoms with E-state index in [9.17, 15) is 4.79 Å². The lowest BCUT2D eigenvalue weighted by Gasteiger charge is -2.06. The van der Waals surface area contributed by atoms with Crippen LogP contribution >= 0.6 is 34.5 Å². The number of halogens is 2. The highest BCUT2D eigenvalue weighted by atomic mass is 35.5. The third kappa shape index (κ3) is 4.22. The average Bonchev–Trinajstić information content (AvgIpc) is 2.93. The Bertz CT molecular complexity index is 814. The van der Waals surface area contributed by atoms with E-state index in [-0.39, 0.29) is 12.3 Å². The number of nitrogens with zero attached hydrogens (tertiary/aromatic N) is 1. The van der Waals surface area contributed by atoms with Crippen molar-refractivity contribution < 1.29 is 4.79 Å². The fraction of sp³-hybridized carbons (Fsp3) is 0.176. The molecule has 118 valence electrons. The van der Waals surface area contributed by atoms with Gasteiger partial charge in [0, 0.05) is 23.0 Å². The van der Waals surface area contributed by atoms with Crippen LogP contribution in [-0.4, -0.2) is 17.4 Å². The Morgan fingerprint density at radius 3 is 2.78 bits per heavy atom. The van der Waals surface area contributed by atoms with Gasteiger partial charge in [-0.15, -0.1) is 11.3 Å². The Kier molecular flexibility index (Phi) is 5.16.